The van der Waals surface area contributed by atoms with E-state index in [1.807, 2.05) is 42.1 Å². The van der Waals surface area contributed by atoms with Crippen LogP contribution in [0.4, 0.5) is 11.4 Å². The maximum absolute atomic E-state index is 12.3. The Kier molecular flexibility index (Phi) is 5.57. The molecule has 1 amide bonds. The Morgan fingerprint density at radius 3 is 2.58 bits per heavy atom. The molecule has 0 aliphatic heterocycles. The van der Waals surface area contributed by atoms with Crippen molar-refractivity contribution in [3.63, 3.8) is 0 Å². The molecule has 0 bridgehead atoms. The topological polar surface area (TPSA) is 111 Å². The highest BCUT2D eigenvalue weighted by Gasteiger charge is 2.27. The fourth-order valence-electron chi connectivity index (χ4n) is 3.35. The summed E-state index contributed by atoms with van der Waals surface area (Å²) < 4.78 is 7.08. The lowest BCUT2D eigenvalue weighted by Gasteiger charge is -2.21. The second-order valence-corrected chi connectivity index (χ2v) is 7.48. The van der Waals surface area contributed by atoms with Crippen LogP contribution in [-0.2, 0) is 7.05 Å². The summed E-state index contributed by atoms with van der Waals surface area (Å²) in [5, 5.41) is 17.9. The van der Waals surface area contributed by atoms with Crippen LogP contribution in [0.2, 0.25) is 0 Å². The number of hydrogen-bond donors (Lipinski definition) is 2. The van der Waals surface area contributed by atoms with E-state index in [0.29, 0.717) is 17.3 Å². The van der Waals surface area contributed by atoms with E-state index >= 15 is 0 Å². The Bertz CT molecular complexity index is 1110. The van der Waals surface area contributed by atoms with Crippen molar-refractivity contribution in [3.8, 4) is 5.75 Å². The van der Waals surface area contributed by atoms with Crippen molar-refractivity contribution in [2.45, 2.75) is 24.9 Å². The van der Waals surface area contributed by atoms with Crippen molar-refractivity contribution in [2.24, 2.45) is 7.05 Å². The molecule has 9 nitrogen and oxygen atoms in total. The first kappa shape index (κ1) is 20.4. The zero-order chi connectivity index (χ0) is 22.0. The van der Waals surface area contributed by atoms with Crippen LogP contribution in [0.1, 0.15) is 40.6 Å². The molecule has 1 heterocycles. The lowest BCUT2D eigenvalue weighted by Crippen LogP contribution is -2.25. The number of nitrogens with zero attached hydrogens (tertiary/aromatic N) is 3. The van der Waals surface area contributed by atoms with Gasteiger partial charge in [0.1, 0.15) is 23.3 Å². The first-order valence-corrected chi connectivity index (χ1v) is 9.93. The summed E-state index contributed by atoms with van der Waals surface area (Å²) in [7, 11) is 3.45. The minimum absolute atomic E-state index is 0.170. The summed E-state index contributed by atoms with van der Waals surface area (Å²) in [6.07, 6.45) is 5.38. The van der Waals surface area contributed by atoms with E-state index in [-0.39, 0.29) is 23.2 Å². The predicted molar refractivity (Wildman–Crippen MR) is 115 cm³/mol. The van der Waals surface area contributed by atoms with Gasteiger partial charge in [-0.05, 0) is 42.7 Å². The number of rotatable bonds is 8. The molecule has 0 radical (unpaired) electrons. The molecule has 2 N–H and O–H groups in total. The third-order valence-electron chi connectivity index (χ3n) is 5.23. The maximum Gasteiger partial charge on any atom is 0.293 e. The first-order valence-electron chi connectivity index (χ1n) is 9.93. The fraction of sp³-hybridized carbons (Fsp3) is 0.273. The molecule has 0 saturated heterocycles. The molecule has 2 aromatic carbocycles. The number of benzene rings is 2. The normalized spacial score (nSPS) is 14.0. The van der Waals surface area contributed by atoms with Gasteiger partial charge < -0.3 is 19.9 Å². The Labute approximate surface area is 179 Å². The summed E-state index contributed by atoms with van der Waals surface area (Å²) in [5.41, 5.74) is 1.26. The number of anilines is 1. The van der Waals surface area contributed by atoms with Gasteiger partial charge in [0, 0.05) is 37.1 Å². The van der Waals surface area contributed by atoms with Crippen LogP contribution in [-0.4, -0.2) is 33.5 Å². The number of amides is 1. The van der Waals surface area contributed by atoms with Gasteiger partial charge in [-0.3, -0.25) is 14.9 Å². The fourth-order valence-corrected chi connectivity index (χ4v) is 3.35. The molecule has 31 heavy (non-hydrogen) atoms. The van der Waals surface area contributed by atoms with Gasteiger partial charge in [-0.25, -0.2) is 4.98 Å². The second-order valence-electron chi connectivity index (χ2n) is 7.48. The highest BCUT2D eigenvalue weighted by Crippen LogP contribution is 2.33. The van der Waals surface area contributed by atoms with E-state index in [1.54, 1.807) is 25.4 Å². The number of nitro benzene ring substituents is 1. The monoisotopic (exact) mass is 421 g/mol. The Morgan fingerprint density at radius 1 is 1.26 bits per heavy atom. The molecule has 9 heteroatoms. The van der Waals surface area contributed by atoms with Crippen LogP contribution in [0.3, 0.4) is 0 Å². The number of aryl methyl sites for hydroxylation is 1. The lowest BCUT2D eigenvalue weighted by atomic mass is 10.0. The van der Waals surface area contributed by atoms with Crippen molar-refractivity contribution in [3.05, 3.63) is 81.9 Å². The van der Waals surface area contributed by atoms with E-state index in [4.69, 9.17) is 4.74 Å². The van der Waals surface area contributed by atoms with Crippen molar-refractivity contribution in [1.29, 1.82) is 0 Å². The zero-order valence-electron chi connectivity index (χ0n) is 17.2. The van der Waals surface area contributed by atoms with Crippen molar-refractivity contribution < 1.29 is 14.5 Å². The maximum atomic E-state index is 12.3. The molecular formula is C22H23N5O4. The van der Waals surface area contributed by atoms with E-state index in [0.717, 1.165) is 18.4 Å². The van der Waals surface area contributed by atoms with Crippen LogP contribution in [0.5, 0.6) is 5.75 Å². The van der Waals surface area contributed by atoms with Crippen molar-refractivity contribution >= 4 is 17.3 Å². The highest BCUT2D eigenvalue weighted by atomic mass is 16.6. The van der Waals surface area contributed by atoms with Crippen LogP contribution < -0.4 is 15.4 Å². The van der Waals surface area contributed by atoms with Gasteiger partial charge in [0.05, 0.1) is 12.0 Å². The number of nitro groups is 1. The number of ether oxygens (including phenoxy) is 1. The number of hydrogen-bond acceptors (Lipinski definition) is 6. The predicted octanol–water partition coefficient (Wildman–Crippen LogP) is 3.43. The van der Waals surface area contributed by atoms with Gasteiger partial charge in [-0.2, -0.15) is 0 Å². The smallest absolute Gasteiger partial charge is 0.293 e. The molecule has 1 atom stereocenters. The van der Waals surface area contributed by atoms with E-state index in [1.165, 1.54) is 6.07 Å². The lowest BCUT2D eigenvalue weighted by molar-refractivity contribution is -0.384. The van der Waals surface area contributed by atoms with Gasteiger partial charge in [0.15, 0.2) is 0 Å². The number of nitrogens with one attached hydrogen (secondary N) is 2. The molecular weight excluding hydrogens is 398 g/mol. The van der Waals surface area contributed by atoms with Crippen molar-refractivity contribution in [1.82, 2.24) is 14.9 Å². The van der Waals surface area contributed by atoms with Crippen LogP contribution in [0.25, 0.3) is 0 Å². The van der Waals surface area contributed by atoms with Gasteiger partial charge in [0.25, 0.3) is 11.6 Å². The molecule has 1 fully saturated rings. The van der Waals surface area contributed by atoms with Crippen LogP contribution in [0.15, 0.2) is 54.9 Å². The largest absolute Gasteiger partial charge is 0.497 e. The Hall–Kier alpha value is -3.88. The summed E-state index contributed by atoms with van der Waals surface area (Å²) in [5.74, 6) is 1.10. The van der Waals surface area contributed by atoms with Crippen LogP contribution in [0, 0.1) is 10.1 Å². The molecule has 1 unspecified atom stereocenters. The summed E-state index contributed by atoms with van der Waals surface area (Å²) in [6, 6.07) is 11.6. The molecule has 0 spiro atoms. The summed E-state index contributed by atoms with van der Waals surface area (Å²) >= 11 is 0. The first-order chi connectivity index (χ1) is 15.0. The van der Waals surface area contributed by atoms with Gasteiger partial charge in [0.2, 0.25) is 0 Å². The minimum Gasteiger partial charge on any atom is -0.497 e. The molecule has 160 valence electrons. The third-order valence-corrected chi connectivity index (χ3v) is 5.23. The number of methoxy groups -OCH3 is 1. The number of imidazole rings is 1. The number of aromatic nitrogens is 2. The average molecular weight is 421 g/mol. The van der Waals surface area contributed by atoms with Crippen molar-refractivity contribution in [2.75, 3.05) is 12.4 Å². The SMILES string of the molecule is COc1ccc(C(Nc2ccc(C(=O)NC3CC3)cc2[N+](=O)[O-])c2nccn2C)cc1. The molecule has 1 aliphatic rings. The average Bonchev–Trinajstić information content (AvgIpc) is 3.49. The molecule has 3 aromatic rings. The standard InChI is InChI=1S/C22H23N5O4/c1-26-12-11-23-21(26)20(14-3-8-17(31-2)9-4-14)25-18-10-5-15(13-19(18)27(29)30)22(28)24-16-6-7-16/h3-5,8-13,16,20,25H,6-7H2,1-2H3,(H,24,28). The van der Waals surface area contributed by atoms with E-state index in [2.05, 4.69) is 15.6 Å². The van der Waals surface area contributed by atoms with E-state index in [9.17, 15) is 14.9 Å². The Morgan fingerprint density at radius 2 is 2.00 bits per heavy atom. The third kappa shape index (κ3) is 4.50. The zero-order valence-corrected chi connectivity index (χ0v) is 17.2. The van der Waals surface area contributed by atoms with Gasteiger partial charge >= 0.3 is 0 Å². The van der Waals surface area contributed by atoms with Crippen LogP contribution >= 0.6 is 0 Å². The molecule has 1 saturated carbocycles. The second kappa shape index (κ2) is 8.47. The summed E-state index contributed by atoms with van der Waals surface area (Å²) in [4.78, 5) is 28.1. The van der Waals surface area contributed by atoms with Gasteiger partial charge in [-0.1, -0.05) is 12.1 Å². The minimum atomic E-state index is -0.486. The Balaban J connectivity index is 1.69. The number of carbonyl (C=O) groups excluding carboxylic acids is 1. The summed E-state index contributed by atoms with van der Waals surface area (Å²) in [6.45, 7) is 0. The molecule has 4 rings (SSSR count). The van der Waals surface area contributed by atoms with E-state index < -0.39 is 11.0 Å². The number of carbonyl (C=O) groups is 1. The molecule has 1 aliphatic carbocycles. The van der Waals surface area contributed by atoms with Gasteiger partial charge in [-0.15, -0.1) is 0 Å². The molecule has 1 aromatic heterocycles. The highest BCUT2D eigenvalue weighted by molar-refractivity contribution is 5.96. The quantitative estimate of drug-likeness (QED) is 0.426.